The van der Waals surface area contributed by atoms with Gasteiger partial charge in [-0.15, -0.1) is 11.3 Å². The number of carbonyl (C=O) groups is 1. The summed E-state index contributed by atoms with van der Waals surface area (Å²) in [7, 11) is 0. The second-order valence-electron chi connectivity index (χ2n) is 7.73. The molecular weight excluding hydrogens is 344 g/mol. The Morgan fingerprint density at radius 3 is 3.12 bits per heavy atom. The lowest BCUT2D eigenvalue weighted by Crippen LogP contribution is -2.32. The van der Waals surface area contributed by atoms with Crippen LogP contribution in [-0.2, 0) is 17.6 Å². The predicted molar refractivity (Wildman–Crippen MR) is 107 cm³/mol. The number of fused-ring (bicyclic) bond motifs is 3. The number of nitrogens with one attached hydrogen (secondary N) is 1. The van der Waals surface area contributed by atoms with Gasteiger partial charge in [0.25, 0.3) is 0 Å². The van der Waals surface area contributed by atoms with Crippen LogP contribution in [0.25, 0.3) is 10.2 Å². The Labute approximate surface area is 159 Å². The normalized spacial score (nSPS) is 20.9. The average Bonchev–Trinajstić information content (AvgIpc) is 2.88. The lowest BCUT2D eigenvalue weighted by molar-refractivity contribution is -0.130. The fourth-order valence-corrected chi connectivity index (χ4v) is 5.51. The first-order valence-corrected chi connectivity index (χ1v) is 10.8. The van der Waals surface area contributed by atoms with Crippen molar-refractivity contribution in [2.75, 3.05) is 25.0 Å². The zero-order valence-corrected chi connectivity index (χ0v) is 16.4. The van der Waals surface area contributed by atoms with Crippen LogP contribution in [0.4, 0.5) is 5.82 Å². The molecule has 1 atom stereocenters. The Balaban J connectivity index is 1.40. The van der Waals surface area contributed by atoms with E-state index >= 15 is 0 Å². The Morgan fingerprint density at radius 2 is 2.19 bits per heavy atom. The summed E-state index contributed by atoms with van der Waals surface area (Å²) < 4.78 is 0. The third kappa shape index (κ3) is 3.70. The Hall–Kier alpha value is -1.69. The van der Waals surface area contributed by atoms with Crippen LogP contribution < -0.4 is 5.32 Å². The second kappa shape index (κ2) is 7.91. The highest BCUT2D eigenvalue weighted by Gasteiger charge is 2.23. The van der Waals surface area contributed by atoms with E-state index in [0.717, 1.165) is 68.3 Å². The van der Waals surface area contributed by atoms with E-state index in [9.17, 15) is 4.79 Å². The SMILES string of the molecule is CC1CCc2c(sc3ncnc(NCCCN4CCCCCC4=O)c23)C1. The summed E-state index contributed by atoms with van der Waals surface area (Å²) in [6.07, 6.45) is 10.3. The fraction of sp³-hybridized carbons (Fsp3) is 0.650. The van der Waals surface area contributed by atoms with Crippen molar-refractivity contribution < 1.29 is 4.79 Å². The highest BCUT2D eigenvalue weighted by molar-refractivity contribution is 7.19. The first-order valence-electron chi connectivity index (χ1n) is 9.99. The van der Waals surface area contributed by atoms with E-state index in [0.29, 0.717) is 5.91 Å². The molecule has 2 aromatic rings. The Kier molecular flexibility index (Phi) is 5.38. The van der Waals surface area contributed by atoms with Crippen molar-refractivity contribution in [3.63, 3.8) is 0 Å². The Bertz CT molecular complexity index is 787. The summed E-state index contributed by atoms with van der Waals surface area (Å²) in [6.45, 7) is 4.95. The zero-order valence-electron chi connectivity index (χ0n) is 15.6. The molecule has 5 nitrogen and oxygen atoms in total. The molecule has 0 bridgehead atoms. The van der Waals surface area contributed by atoms with Gasteiger partial charge in [0, 0.05) is 30.9 Å². The first-order chi connectivity index (χ1) is 12.7. The van der Waals surface area contributed by atoms with E-state index in [4.69, 9.17) is 0 Å². The van der Waals surface area contributed by atoms with Gasteiger partial charge in [0.1, 0.15) is 17.0 Å². The molecular formula is C20H28N4OS. The number of thiophene rings is 1. The van der Waals surface area contributed by atoms with Gasteiger partial charge < -0.3 is 10.2 Å². The molecule has 1 aliphatic heterocycles. The van der Waals surface area contributed by atoms with E-state index in [-0.39, 0.29) is 0 Å². The smallest absolute Gasteiger partial charge is 0.222 e. The van der Waals surface area contributed by atoms with Crippen LogP contribution in [0.15, 0.2) is 6.33 Å². The van der Waals surface area contributed by atoms with Crippen molar-refractivity contribution in [3.8, 4) is 0 Å². The molecule has 2 aliphatic rings. The molecule has 4 rings (SSSR count). The zero-order chi connectivity index (χ0) is 17.9. The summed E-state index contributed by atoms with van der Waals surface area (Å²) in [6, 6.07) is 0. The highest BCUT2D eigenvalue weighted by atomic mass is 32.1. The summed E-state index contributed by atoms with van der Waals surface area (Å²) in [4.78, 5) is 25.8. The topological polar surface area (TPSA) is 58.1 Å². The van der Waals surface area contributed by atoms with Crippen molar-refractivity contribution in [2.24, 2.45) is 5.92 Å². The fourth-order valence-electron chi connectivity index (χ4n) is 4.16. The predicted octanol–water partition coefficient (Wildman–Crippen LogP) is 4.02. The quantitative estimate of drug-likeness (QED) is 0.806. The molecule has 1 aliphatic carbocycles. The number of hydrogen-bond donors (Lipinski definition) is 1. The van der Waals surface area contributed by atoms with Gasteiger partial charge in [-0.25, -0.2) is 9.97 Å². The van der Waals surface area contributed by atoms with Crippen molar-refractivity contribution in [1.82, 2.24) is 14.9 Å². The van der Waals surface area contributed by atoms with Crippen LogP contribution in [0.1, 0.15) is 55.9 Å². The number of anilines is 1. The summed E-state index contributed by atoms with van der Waals surface area (Å²) in [5, 5.41) is 4.76. The van der Waals surface area contributed by atoms with Crippen molar-refractivity contribution in [2.45, 2.75) is 58.3 Å². The third-order valence-electron chi connectivity index (χ3n) is 5.66. The molecule has 0 spiro atoms. The van der Waals surface area contributed by atoms with Gasteiger partial charge >= 0.3 is 0 Å². The van der Waals surface area contributed by atoms with E-state index in [1.807, 2.05) is 16.2 Å². The standard InChI is InChI=1S/C20H28N4OS/c1-14-7-8-15-16(12-14)26-20-18(15)19(22-13-23-20)21-9-5-11-24-10-4-2-3-6-17(24)25/h13-14H,2-12H2,1H3,(H,21,22,23). The van der Waals surface area contributed by atoms with Gasteiger partial charge in [0.2, 0.25) is 5.91 Å². The number of aryl methyl sites for hydroxylation is 1. The molecule has 140 valence electrons. The molecule has 1 unspecified atom stereocenters. The van der Waals surface area contributed by atoms with Gasteiger partial charge in [0.15, 0.2) is 0 Å². The maximum absolute atomic E-state index is 12.1. The molecule has 1 fully saturated rings. The Morgan fingerprint density at radius 1 is 1.27 bits per heavy atom. The van der Waals surface area contributed by atoms with Crippen molar-refractivity contribution in [3.05, 3.63) is 16.8 Å². The largest absolute Gasteiger partial charge is 0.369 e. The van der Waals surface area contributed by atoms with E-state index in [1.165, 1.54) is 35.1 Å². The third-order valence-corrected chi connectivity index (χ3v) is 6.82. The molecule has 3 heterocycles. The van der Waals surface area contributed by atoms with Crippen LogP contribution in [0, 0.1) is 5.92 Å². The molecule has 1 amide bonds. The molecule has 0 aromatic carbocycles. The number of amides is 1. The lowest BCUT2D eigenvalue weighted by Gasteiger charge is -2.20. The number of rotatable bonds is 5. The van der Waals surface area contributed by atoms with Crippen LogP contribution in [0.5, 0.6) is 0 Å². The minimum Gasteiger partial charge on any atom is -0.369 e. The van der Waals surface area contributed by atoms with Crippen LogP contribution in [-0.4, -0.2) is 40.4 Å². The minimum atomic E-state index is 0.327. The molecule has 26 heavy (non-hydrogen) atoms. The first kappa shape index (κ1) is 17.7. The lowest BCUT2D eigenvalue weighted by atomic mass is 9.89. The summed E-state index contributed by atoms with van der Waals surface area (Å²) in [5.41, 5.74) is 1.47. The number of carbonyl (C=O) groups excluding carboxylic acids is 1. The summed E-state index contributed by atoms with van der Waals surface area (Å²) in [5.74, 6) is 2.07. The van der Waals surface area contributed by atoms with E-state index < -0.39 is 0 Å². The van der Waals surface area contributed by atoms with Gasteiger partial charge in [0.05, 0.1) is 5.39 Å². The van der Waals surface area contributed by atoms with Crippen LogP contribution in [0.3, 0.4) is 0 Å². The number of likely N-dealkylation sites (tertiary alicyclic amines) is 1. The molecule has 0 saturated carbocycles. The van der Waals surface area contributed by atoms with Gasteiger partial charge in [-0.3, -0.25) is 4.79 Å². The maximum Gasteiger partial charge on any atom is 0.222 e. The molecule has 2 aromatic heterocycles. The second-order valence-corrected chi connectivity index (χ2v) is 8.81. The number of aromatic nitrogens is 2. The number of hydrogen-bond acceptors (Lipinski definition) is 5. The highest BCUT2D eigenvalue weighted by Crippen LogP contribution is 2.39. The van der Waals surface area contributed by atoms with E-state index in [2.05, 4.69) is 22.2 Å². The van der Waals surface area contributed by atoms with Gasteiger partial charge in [-0.1, -0.05) is 13.3 Å². The maximum atomic E-state index is 12.1. The average molecular weight is 373 g/mol. The van der Waals surface area contributed by atoms with E-state index in [1.54, 1.807) is 6.33 Å². The molecule has 1 N–H and O–H groups in total. The monoisotopic (exact) mass is 372 g/mol. The molecule has 6 heteroatoms. The summed E-state index contributed by atoms with van der Waals surface area (Å²) >= 11 is 1.84. The van der Waals surface area contributed by atoms with Crippen molar-refractivity contribution in [1.29, 1.82) is 0 Å². The molecule has 1 saturated heterocycles. The van der Waals surface area contributed by atoms with Crippen LogP contribution in [0.2, 0.25) is 0 Å². The van der Waals surface area contributed by atoms with Gasteiger partial charge in [-0.2, -0.15) is 0 Å². The minimum absolute atomic E-state index is 0.327. The van der Waals surface area contributed by atoms with Crippen molar-refractivity contribution >= 4 is 33.3 Å². The van der Waals surface area contributed by atoms with Crippen LogP contribution >= 0.6 is 11.3 Å². The van der Waals surface area contributed by atoms with Gasteiger partial charge in [-0.05, 0) is 50.0 Å². The molecule has 0 radical (unpaired) electrons. The number of nitrogens with zero attached hydrogens (tertiary/aromatic N) is 3.